The number of rotatable bonds is 12. The average molecular weight is 514 g/mol. The summed E-state index contributed by atoms with van der Waals surface area (Å²) >= 11 is 0. The molecule has 1 aliphatic rings. The molecule has 5 N–H and O–H groups in total. The Hall–Kier alpha value is -4.19. The summed E-state index contributed by atoms with van der Waals surface area (Å²) in [4.78, 5) is 53.5. The number of carbonyl (C=O) groups is 4. The number of carboxylic acid groups (broad SMARTS) is 2. The second-order valence-electron chi connectivity index (χ2n) is 8.53. The molecule has 1 aromatic carbocycles. The third-order valence-corrected chi connectivity index (χ3v) is 6.01. The largest absolute Gasteiger partial charge is 0.480 e. The number of nitrogens with zero attached hydrogens (tertiary/aromatic N) is 2. The molecule has 2 aromatic rings. The summed E-state index contributed by atoms with van der Waals surface area (Å²) in [6, 6.07) is 10.5. The Labute approximate surface area is 214 Å². The number of pyridine rings is 1. The van der Waals surface area contributed by atoms with Gasteiger partial charge in [-0.25, -0.2) is 14.6 Å². The Balaban J connectivity index is 1.46. The van der Waals surface area contributed by atoms with Crippen LogP contribution < -0.4 is 16.0 Å². The van der Waals surface area contributed by atoms with Crippen molar-refractivity contribution in [3.05, 3.63) is 59.8 Å². The quantitative estimate of drug-likeness (QED) is 0.280. The Morgan fingerprint density at radius 2 is 1.89 bits per heavy atom. The summed E-state index contributed by atoms with van der Waals surface area (Å²) in [5, 5.41) is 27.0. The van der Waals surface area contributed by atoms with Crippen molar-refractivity contribution in [1.82, 2.24) is 20.5 Å². The maximum Gasteiger partial charge on any atom is 0.407 e. The van der Waals surface area contributed by atoms with Crippen molar-refractivity contribution in [2.45, 2.75) is 38.0 Å². The molecular formula is C25H31N5O7. The predicted octanol–water partition coefficient (Wildman–Crippen LogP) is 1.19. The fourth-order valence-corrected chi connectivity index (χ4v) is 4.06. The van der Waals surface area contributed by atoms with E-state index in [-0.39, 0.29) is 25.7 Å². The van der Waals surface area contributed by atoms with Crippen LogP contribution in [0.1, 0.15) is 29.3 Å². The summed E-state index contributed by atoms with van der Waals surface area (Å²) in [5.41, 5.74) is 1.16. The van der Waals surface area contributed by atoms with E-state index >= 15 is 0 Å². The lowest BCUT2D eigenvalue weighted by atomic mass is 10.0. The lowest BCUT2D eigenvalue weighted by Crippen LogP contribution is -2.49. The lowest BCUT2D eigenvalue weighted by molar-refractivity contribution is -0.139. The maximum absolute atomic E-state index is 12.6. The van der Waals surface area contributed by atoms with Gasteiger partial charge in [-0.3, -0.25) is 9.59 Å². The molecule has 0 saturated carbocycles. The first kappa shape index (κ1) is 27.4. The van der Waals surface area contributed by atoms with Gasteiger partial charge in [-0.1, -0.05) is 31.2 Å². The molecule has 12 heteroatoms. The van der Waals surface area contributed by atoms with Crippen molar-refractivity contribution in [3.63, 3.8) is 0 Å². The minimum atomic E-state index is -1.34. The highest BCUT2D eigenvalue weighted by atomic mass is 16.5. The van der Waals surface area contributed by atoms with Gasteiger partial charge in [0.05, 0.1) is 18.7 Å². The van der Waals surface area contributed by atoms with Crippen LogP contribution in [0, 0.1) is 0 Å². The highest BCUT2D eigenvalue weighted by molar-refractivity contribution is 5.98. The van der Waals surface area contributed by atoms with Gasteiger partial charge in [0.15, 0.2) is 0 Å². The van der Waals surface area contributed by atoms with E-state index in [9.17, 15) is 29.4 Å². The highest BCUT2D eigenvalue weighted by Crippen LogP contribution is 2.21. The van der Waals surface area contributed by atoms with Gasteiger partial charge in [-0.05, 0) is 36.6 Å². The molecule has 12 nitrogen and oxygen atoms in total. The Bertz CT molecular complexity index is 1100. The summed E-state index contributed by atoms with van der Waals surface area (Å²) in [7, 11) is 0. The normalized spacial score (nSPS) is 17.6. The second kappa shape index (κ2) is 13.2. The number of anilines is 1. The van der Waals surface area contributed by atoms with Gasteiger partial charge in [-0.15, -0.1) is 0 Å². The van der Waals surface area contributed by atoms with Crippen molar-refractivity contribution < 1.29 is 34.1 Å². The van der Waals surface area contributed by atoms with E-state index in [1.807, 2.05) is 13.0 Å². The first-order valence-corrected chi connectivity index (χ1v) is 11.9. The number of aliphatic carboxylic acids is 1. The number of carboxylic acids is 1. The molecule has 198 valence electrons. The zero-order valence-electron chi connectivity index (χ0n) is 20.4. The number of amides is 3. The standard InChI is InChI=1S/C25H31N5O7/c1-2-16-7-3-4-8-19(16)23(32)29-20(24(33)34)13-28-22(31)15-37-18-11-17(30(14-18)25(35)36)12-27-21-9-5-6-10-26-21/h3-10,17-18,20H,2,11-15H2,1H3,(H,26,27)(H,28,31)(H,29,32)(H,33,34)(H,35,36). The van der Waals surface area contributed by atoms with Crippen LogP contribution in [0.2, 0.25) is 0 Å². The number of nitrogens with one attached hydrogen (secondary N) is 3. The number of aryl methyl sites for hydroxylation is 1. The second-order valence-corrected chi connectivity index (χ2v) is 8.53. The molecule has 3 amide bonds. The van der Waals surface area contributed by atoms with Gasteiger partial charge in [-0.2, -0.15) is 0 Å². The molecule has 1 aliphatic heterocycles. The van der Waals surface area contributed by atoms with Crippen molar-refractivity contribution in [2.24, 2.45) is 0 Å². The van der Waals surface area contributed by atoms with Crippen LogP contribution in [0.25, 0.3) is 0 Å². The van der Waals surface area contributed by atoms with Gasteiger partial charge < -0.3 is 35.8 Å². The van der Waals surface area contributed by atoms with E-state index in [0.29, 0.717) is 30.8 Å². The highest BCUT2D eigenvalue weighted by Gasteiger charge is 2.36. The summed E-state index contributed by atoms with van der Waals surface area (Å²) < 4.78 is 5.61. The molecule has 1 aromatic heterocycles. The van der Waals surface area contributed by atoms with Crippen molar-refractivity contribution in [2.75, 3.05) is 31.6 Å². The zero-order valence-corrected chi connectivity index (χ0v) is 20.4. The van der Waals surface area contributed by atoms with Gasteiger partial charge >= 0.3 is 12.1 Å². The van der Waals surface area contributed by atoms with Crippen LogP contribution in [0.4, 0.5) is 10.6 Å². The number of likely N-dealkylation sites (tertiary alicyclic amines) is 1. The van der Waals surface area contributed by atoms with Crippen molar-refractivity contribution >= 4 is 29.7 Å². The average Bonchev–Trinajstić information content (AvgIpc) is 3.32. The molecule has 3 atom stereocenters. The number of benzene rings is 1. The number of hydrogen-bond donors (Lipinski definition) is 5. The van der Waals surface area contributed by atoms with Gasteiger partial charge in [0.2, 0.25) is 5.91 Å². The van der Waals surface area contributed by atoms with Crippen LogP contribution >= 0.6 is 0 Å². The third-order valence-electron chi connectivity index (χ3n) is 6.01. The minimum Gasteiger partial charge on any atom is -0.480 e. The number of carbonyl (C=O) groups excluding carboxylic acids is 2. The van der Waals surface area contributed by atoms with Gasteiger partial charge in [0.25, 0.3) is 5.91 Å². The molecule has 1 fully saturated rings. The molecule has 3 rings (SSSR count). The maximum atomic E-state index is 12.6. The zero-order chi connectivity index (χ0) is 26.8. The number of ether oxygens (including phenoxy) is 1. The van der Waals surface area contributed by atoms with E-state index in [1.165, 1.54) is 4.90 Å². The fraction of sp³-hybridized carbons (Fsp3) is 0.400. The smallest absolute Gasteiger partial charge is 0.407 e. The predicted molar refractivity (Wildman–Crippen MR) is 133 cm³/mol. The summed E-state index contributed by atoms with van der Waals surface area (Å²) in [6.07, 6.45) is 1.02. The number of aromatic nitrogens is 1. The SMILES string of the molecule is CCc1ccccc1C(=O)NC(CNC(=O)COC1CC(CNc2ccccn2)N(C(=O)O)C1)C(=O)O. The third kappa shape index (κ3) is 7.90. The van der Waals surface area contributed by atoms with Crippen LogP contribution in [-0.4, -0.2) is 88.4 Å². The molecule has 3 unspecified atom stereocenters. The van der Waals surface area contributed by atoms with Gasteiger partial charge in [0.1, 0.15) is 18.5 Å². The fourth-order valence-electron chi connectivity index (χ4n) is 4.06. The monoisotopic (exact) mass is 513 g/mol. The Morgan fingerprint density at radius 1 is 1.14 bits per heavy atom. The molecule has 1 saturated heterocycles. The minimum absolute atomic E-state index is 0.0990. The van der Waals surface area contributed by atoms with Crippen LogP contribution in [0.3, 0.4) is 0 Å². The topological polar surface area (TPSA) is 170 Å². The van der Waals surface area contributed by atoms with E-state index < -0.39 is 36.0 Å². The van der Waals surface area contributed by atoms with E-state index in [0.717, 1.165) is 5.56 Å². The van der Waals surface area contributed by atoms with E-state index in [4.69, 9.17) is 4.74 Å². The molecule has 0 bridgehead atoms. The molecular weight excluding hydrogens is 482 g/mol. The van der Waals surface area contributed by atoms with Gasteiger partial charge in [0, 0.05) is 24.8 Å². The van der Waals surface area contributed by atoms with Crippen molar-refractivity contribution in [1.29, 1.82) is 0 Å². The van der Waals surface area contributed by atoms with Crippen LogP contribution in [0.15, 0.2) is 48.7 Å². The Kier molecular flexibility index (Phi) is 9.78. The molecule has 37 heavy (non-hydrogen) atoms. The molecule has 0 radical (unpaired) electrons. The lowest BCUT2D eigenvalue weighted by Gasteiger charge is -2.21. The Morgan fingerprint density at radius 3 is 2.57 bits per heavy atom. The first-order valence-electron chi connectivity index (χ1n) is 11.9. The van der Waals surface area contributed by atoms with E-state index in [1.54, 1.807) is 42.6 Å². The van der Waals surface area contributed by atoms with Crippen LogP contribution in [0.5, 0.6) is 0 Å². The van der Waals surface area contributed by atoms with Crippen LogP contribution in [-0.2, 0) is 20.7 Å². The molecule has 0 spiro atoms. The first-order chi connectivity index (χ1) is 17.8. The van der Waals surface area contributed by atoms with E-state index in [2.05, 4.69) is 20.9 Å². The molecule has 2 heterocycles. The number of hydrogen-bond acceptors (Lipinski definition) is 7. The summed E-state index contributed by atoms with van der Waals surface area (Å²) in [5.74, 6) is -1.79. The summed E-state index contributed by atoms with van der Waals surface area (Å²) in [6.45, 7) is 1.61. The van der Waals surface area contributed by atoms with Crippen molar-refractivity contribution in [3.8, 4) is 0 Å². The molecule has 0 aliphatic carbocycles.